The molecule has 6 nitrogen and oxygen atoms in total. The van der Waals surface area contributed by atoms with Crippen LogP contribution in [0, 0.1) is 0 Å². The minimum Gasteiger partial charge on any atom is -0.375 e. The standard InChI is InChI=1S/C12H17BrN2O4S2/c1-19-8-11(16)14-9-2-5-15(6-3-9)21(17,18)12-10(13)4-7-20-12/h4,7,9H,2-3,5-6,8H2,1H3,(H,14,16). The van der Waals surface area contributed by atoms with Crippen molar-refractivity contribution in [2.24, 2.45) is 0 Å². The van der Waals surface area contributed by atoms with Gasteiger partial charge >= 0.3 is 0 Å². The van der Waals surface area contributed by atoms with Crippen molar-refractivity contribution in [3.8, 4) is 0 Å². The highest BCUT2D eigenvalue weighted by Crippen LogP contribution is 2.31. The highest BCUT2D eigenvalue weighted by atomic mass is 79.9. The van der Waals surface area contributed by atoms with Crippen LogP contribution in [0.2, 0.25) is 0 Å². The van der Waals surface area contributed by atoms with Crippen molar-refractivity contribution in [1.82, 2.24) is 9.62 Å². The summed E-state index contributed by atoms with van der Waals surface area (Å²) in [7, 11) is -1.98. The van der Waals surface area contributed by atoms with Gasteiger partial charge in [-0.15, -0.1) is 11.3 Å². The van der Waals surface area contributed by atoms with Crippen LogP contribution in [0.5, 0.6) is 0 Å². The topological polar surface area (TPSA) is 75.7 Å². The Bertz CT molecular complexity index is 594. The summed E-state index contributed by atoms with van der Waals surface area (Å²) in [5.41, 5.74) is 0. The first-order chi connectivity index (χ1) is 9.95. The molecular formula is C12H17BrN2O4S2. The first-order valence-corrected chi connectivity index (χ1v) is 9.58. The number of hydrogen-bond donors (Lipinski definition) is 1. The molecule has 1 amide bonds. The summed E-state index contributed by atoms with van der Waals surface area (Å²) in [6.07, 6.45) is 1.22. The lowest BCUT2D eigenvalue weighted by Crippen LogP contribution is -2.47. The van der Waals surface area contributed by atoms with Crippen LogP contribution in [0.15, 0.2) is 20.1 Å². The molecule has 1 aliphatic heterocycles. The van der Waals surface area contributed by atoms with Gasteiger partial charge in [-0.1, -0.05) is 0 Å². The maximum Gasteiger partial charge on any atom is 0.253 e. The van der Waals surface area contributed by atoms with Gasteiger partial charge in [0.25, 0.3) is 10.0 Å². The third-order valence-corrected chi connectivity index (χ3v) is 7.80. The molecular weight excluding hydrogens is 380 g/mol. The van der Waals surface area contributed by atoms with Crippen molar-refractivity contribution in [3.63, 3.8) is 0 Å². The molecule has 1 aliphatic rings. The van der Waals surface area contributed by atoms with Crippen LogP contribution < -0.4 is 5.32 Å². The second-order valence-electron chi connectivity index (χ2n) is 4.73. The predicted octanol–water partition coefficient (Wildman–Crippen LogP) is 1.43. The molecule has 2 rings (SSSR count). The second kappa shape index (κ2) is 7.19. The fourth-order valence-electron chi connectivity index (χ4n) is 2.22. The monoisotopic (exact) mass is 396 g/mol. The van der Waals surface area contributed by atoms with E-state index >= 15 is 0 Å². The van der Waals surface area contributed by atoms with E-state index in [1.807, 2.05) is 0 Å². The van der Waals surface area contributed by atoms with Gasteiger partial charge in [-0.3, -0.25) is 4.79 Å². The van der Waals surface area contributed by atoms with Gasteiger partial charge in [-0.2, -0.15) is 4.31 Å². The molecule has 1 N–H and O–H groups in total. The van der Waals surface area contributed by atoms with Gasteiger partial charge in [-0.05, 0) is 40.2 Å². The fourth-order valence-corrected chi connectivity index (χ4v) is 6.14. The Morgan fingerprint density at radius 2 is 2.19 bits per heavy atom. The number of nitrogens with zero attached hydrogens (tertiary/aromatic N) is 1. The van der Waals surface area contributed by atoms with Crippen molar-refractivity contribution in [3.05, 3.63) is 15.9 Å². The van der Waals surface area contributed by atoms with Crippen LogP contribution in [0.3, 0.4) is 0 Å². The number of thiophene rings is 1. The van der Waals surface area contributed by atoms with E-state index in [0.717, 1.165) is 0 Å². The van der Waals surface area contributed by atoms with Crippen molar-refractivity contribution in [2.75, 3.05) is 26.8 Å². The number of ether oxygens (including phenoxy) is 1. The first-order valence-electron chi connectivity index (χ1n) is 6.46. The van der Waals surface area contributed by atoms with Crippen LogP contribution in [-0.4, -0.2) is 51.5 Å². The summed E-state index contributed by atoms with van der Waals surface area (Å²) < 4.78 is 32.2. The molecule has 0 bridgehead atoms. The molecule has 9 heteroatoms. The van der Waals surface area contributed by atoms with Crippen LogP contribution in [0.25, 0.3) is 0 Å². The second-order valence-corrected chi connectivity index (χ2v) is 8.64. The van der Waals surface area contributed by atoms with Gasteiger partial charge in [0, 0.05) is 30.7 Å². The Kier molecular flexibility index (Phi) is 5.78. The Labute approximate surface area is 136 Å². The zero-order valence-electron chi connectivity index (χ0n) is 11.5. The molecule has 2 heterocycles. The van der Waals surface area contributed by atoms with Crippen molar-refractivity contribution >= 4 is 43.2 Å². The molecule has 0 saturated carbocycles. The average Bonchev–Trinajstić information content (AvgIpc) is 2.86. The van der Waals surface area contributed by atoms with E-state index in [-0.39, 0.29) is 18.6 Å². The maximum absolute atomic E-state index is 12.5. The Morgan fingerprint density at radius 3 is 2.71 bits per heavy atom. The number of rotatable bonds is 5. The number of carbonyl (C=O) groups is 1. The van der Waals surface area contributed by atoms with Crippen molar-refractivity contribution in [2.45, 2.75) is 23.1 Å². The van der Waals surface area contributed by atoms with Gasteiger partial charge < -0.3 is 10.1 Å². The number of amides is 1. The van der Waals surface area contributed by atoms with Crippen LogP contribution in [0.4, 0.5) is 0 Å². The summed E-state index contributed by atoms with van der Waals surface area (Å²) in [5.74, 6) is -0.167. The zero-order chi connectivity index (χ0) is 15.5. The molecule has 21 heavy (non-hydrogen) atoms. The number of carbonyl (C=O) groups excluding carboxylic acids is 1. The maximum atomic E-state index is 12.5. The molecule has 1 aromatic heterocycles. The molecule has 1 saturated heterocycles. The smallest absolute Gasteiger partial charge is 0.253 e. The van der Waals surface area contributed by atoms with Gasteiger partial charge in [-0.25, -0.2) is 8.42 Å². The third kappa shape index (κ3) is 4.04. The van der Waals surface area contributed by atoms with Gasteiger partial charge in [0.15, 0.2) is 0 Å². The van der Waals surface area contributed by atoms with Crippen LogP contribution >= 0.6 is 27.3 Å². The summed E-state index contributed by atoms with van der Waals surface area (Å²) in [6, 6.07) is 1.74. The average molecular weight is 397 g/mol. The van der Waals surface area contributed by atoms with Gasteiger partial charge in [0.2, 0.25) is 5.91 Å². The number of sulfonamides is 1. The van der Waals surface area contributed by atoms with E-state index in [0.29, 0.717) is 34.6 Å². The number of piperidine rings is 1. The Hall–Kier alpha value is -0.480. The molecule has 0 unspecified atom stereocenters. The minimum absolute atomic E-state index is 0.00544. The highest BCUT2D eigenvalue weighted by Gasteiger charge is 2.31. The van der Waals surface area contributed by atoms with Crippen LogP contribution in [0.1, 0.15) is 12.8 Å². The fraction of sp³-hybridized carbons (Fsp3) is 0.583. The number of methoxy groups -OCH3 is 1. The number of nitrogens with one attached hydrogen (secondary N) is 1. The molecule has 118 valence electrons. The molecule has 1 fully saturated rings. The van der Waals surface area contributed by atoms with E-state index in [2.05, 4.69) is 21.2 Å². The normalized spacial score (nSPS) is 17.8. The highest BCUT2D eigenvalue weighted by molar-refractivity contribution is 9.10. The predicted molar refractivity (Wildman–Crippen MR) is 83.8 cm³/mol. The Morgan fingerprint density at radius 1 is 1.52 bits per heavy atom. The third-order valence-electron chi connectivity index (χ3n) is 3.25. The largest absolute Gasteiger partial charge is 0.375 e. The van der Waals surface area contributed by atoms with E-state index in [1.54, 1.807) is 11.4 Å². The Balaban J connectivity index is 1.95. The van der Waals surface area contributed by atoms with Gasteiger partial charge in [0.05, 0.1) is 0 Å². The quantitative estimate of drug-likeness (QED) is 0.816. The van der Waals surface area contributed by atoms with E-state index in [9.17, 15) is 13.2 Å². The van der Waals surface area contributed by atoms with E-state index in [1.165, 1.54) is 22.8 Å². The van der Waals surface area contributed by atoms with Crippen molar-refractivity contribution in [1.29, 1.82) is 0 Å². The molecule has 0 aliphatic carbocycles. The summed E-state index contributed by atoms with van der Waals surface area (Å²) in [5, 5.41) is 4.59. The molecule has 0 atom stereocenters. The van der Waals surface area contributed by atoms with E-state index < -0.39 is 10.0 Å². The van der Waals surface area contributed by atoms with E-state index in [4.69, 9.17) is 4.74 Å². The molecule has 0 aromatic carbocycles. The van der Waals surface area contributed by atoms with Crippen LogP contribution in [-0.2, 0) is 19.6 Å². The first kappa shape index (κ1) is 16.9. The number of halogens is 1. The molecule has 0 radical (unpaired) electrons. The SMILES string of the molecule is COCC(=O)NC1CCN(S(=O)(=O)c2sccc2Br)CC1. The summed E-state index contributed by atoms with van der Waals surface area (Å²) in [6.45, 7) is 0.843. The lowest BCUT2D eigenvalue weighted by atomic mass is 10.1. The van der Waals surface area contributed by atoms with Crippen molar-refractivity contribution < 1.29 is 17.9 Å². The lowest BCUT2D eigenvalue weighted by Gasteiger charge is -2.31. The summed E-state index contributed by atoms with van der Waals surface area (Å²) >= 11 is 4.47. The minimum atomic E-state index is -3.44. The summed E-state index contributed by atoms with van der Waals surface area (Å²) in [4.78, 5) is 11.4. The number of hydrogen-bond acceptors (Lipinski definition) is 5. The zero-order valence-corrected chi connectivity index (χ0v) is 14.8. The van der Waals surface area contributed by atoms with Gasteiger partial charge in [0.1, 0.15) is 10.8 Å². The molecule has 0 spiro atoms. The molecule has 1 aromatic rings. The lowest BCUT2D eigenvalue weighted by molar-refractivity contribution is -0.125.